The first-order valence-corrected chi connectivity index (χ1v) is 37.2. The standard InChI is InChI=1S/C77H112ClFN12O14/c1-13-50(7)69(62(100-11)45-65(94)91-29-17-20-61(91)71(101-12)51(8)74(95)86-60(77(98)99)42-52-18-15-14-16-19-52)89(10)76(97)67(47(2)3)87-75(96)68(48(4)5)88(9)64(93)26-33-103-35-37-105-39-38-104-36-34-102-32-25-63(92)81-27-28-82-72-66(73-84-58-22-21-54(78)44-59(58)85-73)70(90-30-23-56(80)24-31-90)57(46-83-72)53-40-49(6)41-55(79)43-53/h14-16,18-19,21-22,40-41,43-44,46-48,50-51,56,60-62,67-69,71H,13,17,20,23-39,42,45,80H2,1-12H3,(H,81,92)(H,82,83)(H,84,85)(H,86,95)(H,87,96)(H,98,99)/t50-,51+,60-,61-,62+,67-,68-,69-,71?/m0/s1. The number of aryl methyl sites for hydroxylation is 1. The third-order valence-electron chi connectivity index (χ3n) is 19.8. The number of carbonyl (C=O) groups is 7. The number of aromatic amines is 1. The van der Waals surface area contributed by atoms with E-state index in [0.29, 0.717) is 91.9 Å². The summed E-state index contributed by atoms with van der Waals surface area (Å²) in [6.07, 6.45) is 3.74. The third kappa shape index (κ3) is 24.1. The second-order valence-corrected chi connectivity index (χ2v) is 28.6. The van der Waals surface area contributed by atoms with E-state index in [1.54, 1.807) is 67.3 Å². The molecule has 0 spiro atoms. The number of nitrogens with one attached hydrogen (secondary N) is 5. The summed E-state index contributed by atoms with van der Waals surface area (Å²) in [5.74, 6) is -4.26. The molecule has 5 aromatic rings. The number of H-pyrrole nitrogens is 1. The Morgan fingerprint density at radius 2 is 1.44 bits per heavy atom. The number of methoxy groups -OCH3 is 2. The number of piperidine rings is 1. The van der Waals surface area contributed by atoms with Gasteiger partial charge in [-0.15, -0.1) is 0 Å². The van der Waals surface area contributed by atoms with Gasteiger partial charge in [0, 0.05) is 96.7 Å². The van der Waals surface area contributed by atoms with Gasteiger partial charge in [-0.1, -0.05) is 103 Å². The third-order valence-corrected chi connectivity index (χ3v) is 20.1. The summed E-state index contributed by atoms with van der Waals surface area (Å²) in [4.78, 5) is 116. The molecule has 8 N–H and O–H groups in total. The number of carboxylic acid groups (broad SMARTS) is 1. The molecule has 578 valence electrons. The number of hydrogen-bond donors (Lipinski definition) is 7. The lowest BCUT2D eigenvalue weighted by Crippen LogP contribution is -2.60. The van der Waals surface area contributed by atoms with Gasteiger partial charge in [0.05, 0.1) is 118 Å². The Balaban J connectivity index is 0.792. The van der Waals surface area contributed by atoms with Crippen LogP contribution in [0.5, 0.6) is 0 Å². The summed E-state index contributed by atoms with van der Waals surface area (Å²) in [7, 11) is 6.19. The van der Waals surface area contributed by atoms with E-state index in [2.05, 4.69) is 31.2 Å². The van der Waals surface area contributed by atoms with Gasteiger partial charge in [-0.3, -0.25) is 28.8 Å². The molecule has 3 aromatic carbocycles. The van der Waals surface area contributed by atoms with Crippen molar-refractivity contribution in [3.63, 3.8) is 0 Å². The maximum absolute atomic E-state index is 15.0. The lowest BCUT2D eigenvalue weighted by molar-refractivity contribution is -0.149. The van der Waals surface area contributed by atoms with Gasteiger partial charge >= 0.3 is 5.97 Å². The minimum atomic E-state index is -1.18. The molecule has 2 saturated heterocycles. The molecule has 105 heavy (non-hydrogen) atoms. The fourth-order valence-corrected chi connectivity index (χ4v) is 14.1. The fourth-order valence-electron chi connectivity index (χ4n) is 14.0. The molecule has 2 aromatic heterocycles. The molecule has 0 aliphatic carbocycles. The van der Waals surface area contributed by atoms with Crippen molar-refractivity contribution in [1.82, 2.24) is 45.6 Å². The van der Waals surface area contributed by atoms with Crippen molar-refractivity contribution in [3.8, 4) is 22.5 Å². The maximum atomic E-state index is 15.0. The molecular weight excluding hydrogens is 1370 g/mol. The quantitative estimate of drug-likeness (QED) is 0.0181. The number of fused-ring (bicyclic) bond motifs is 1. The summed E-state index contributed by atoms with van der Waals surface area (Å²) in [6.45, 7) is 19.1. The summed E-state index contributed by atoms with van der Waals surface area (Å²) in [5, 5.41) is 22.6. The van der Waals surface area contributed by atoms with Crippen LogP contribution in [0.2, 0.25) is 5.02 Å². The number of ether oxygens (including phenoxy) is 6. The van der Waals surface area contributed by atoms with Crippen LogP contribution in [0.25, 0.3) is 33.5 Å². The number of aliphatic carboxylic acids is 1. The lowest BCUT2D eigenvalue weighted by atomic mass is 9.89. The molecule has 1 unspecified atom stereocenters. The number of hydrogen-bond acceptors (Lipinski definition) is 18. The molecule has 0 radical (unpaired) electrons. The Kier molecular flexibility index (Phi) is 33.6. The first-order chi connectivity index (χ1) is 50.3. The topological polar surface area (TPSA) is 324 Å². The van der Waals surface area contributed by atoms with Crippen LogP contribution >= 0.6 is 11.6 Å². The summed E-state index contributed by atoms with van der Waals surface area (Å²) < 4.78 is 49.7. The number of aromatic nitrogens is 3. The van der Waals surface area contributed by atoms with Crippen LogP contribution in [-0.4, -0.2) is 239 Å². The van der Waals surface area contributed by atoms with Gasteiger partial charge < -0.3 is 85.1 Å². The van der Waals surface area contributed by atoms with Crippen LogP contribution in [0.4, 0.5) is 15.9 Å². The highest BCUT2D eigenvalue weighted by atomic mass is 35.5. The number of halogens is 2. The lowest BCUT2D eigenvalue weighted by Gasteiger charge is -2.41. The van der Waals surface area contributed by atoms with Crippen LogP contribution in [0.3, 0.4) is 0 Å². The predicted octanol–water partition coefficient (Wildman–Crippen LogP) is 8.05. The number of imidazole rings is 1. The molecule has 28 heteroatoms. The Bertz CT molecular complexity index is 3620. The van der Waals surface area contributed by atoms with Crippen molar-refractivity contribution in [2.75, 3.05) is 124 Å². The van der Waals surface area contributed by atoms with E-state index in [9.17, 15) is 43.1 Å². The minimum Gasteiger partial charge on any atom is -0.480 e. The summed E-state index contributed by atoms with van der Waals surface area (Å²) >= 11 is 6.38. The molecule has 0 bridgehead atoms. The molecule has 2 aliphatic heterocycles. The van der Waals surface area contributed by atoms with Crippen molar-refractivity contribution in [3.05, 3.63) is 94.9 Å². The molecule has 0 saturated carbocycles. The Morgan fingerprint density at radius 3 is 2.05 bits per heavy atom. The average molecular weight is 1480 g/mol. The van der Waals surface area contributed by atoms with Crippen molar-refractivity contribution in [1.29, 1.82) is 0 Å². The zero-order valence-electron chi connectivity index (χ0n) is 63.2. The second kappa shape index (κ2) is 41.9. The van der Waals surface area contributed by atoms with E-state index in [1.807, 2.05) is 72.7 Å². The van der Waals surface area contributed by atoms with Crippen molar-refractivity contribution in [2.45, 2.75) is 162 Å². The molecule has 7 rings (SSSR count). The molecule has 2 fully saturated rings. The highest BCUT2D eigenvalue weighted by molar-refractivity contribution is 6.31. The fraction of sp³-hybridized carbons (Fsp3) is 0.597. The van der Waals surface area contributed by atoms with Crippen LogP contribution in [0, 0.1) is 36.4 Å². The van der Waals surface area contributed by atoms with Gasteiger partial charge in [-0.25, -0.2) is 19.2 Å². The van der Waals surface area contributed by atoms with Crippen LogP contribution in [-0.2, 0) is 68.4 Å². The zero-order valence-corrected chi connectivity index (χ0v) is 63.9. The number of likely N-dealkylation sites (N-methyl/N-ethyl adjacent to an activating group) is 2. The highest BCUT2D eigenvalue weighted by Gasteiger charge is 2.44. The van der Waals surface area contributed by atoms with E-state index in [4.69, 9.17) is 55.7 Å². The van der Waals surface area contributed by atoms with E-state index < -0.39 is 66.1 Å². The van der Waals surface area contributed by atoms with E-state index >= 15 is 0 Å². The van der Waals surface area contributed by atoms with E-state index in [-0.39, 0.29) is 125 Å². The van der Waals surface area contributed by atoms with Gasteiger partial charge in [-0.05, 0) is 97.4 Å². The number of likely N-dealkylation sites (tertiary alicyclic amines) is 1. The Labute approximate surface area is 622 Å². The van der Waals surface area contributed by atoms with Crippen LogP contribution in [0.15, 0.2) is 72.9 Å². The van der Waals surface area contributed by atoms with Crippen molar-refractivity contribution in [2.24, 2.45) is 29.4 Å². The maximum Gasteiger partial charge on any atom is 0.326 e. The summed E-state index contributed by atoms with van der Waals surface area (Å²) in [6, 6.07) is 15.3. The highest BCUT2D eigenvalue weighted by Crippen LogP contribution is 2.44. The number of anilines is 2. The molecule has 9 atom stereocenters. The van der Waals surface area contributed by atoms with Gasteiger partial charge in [0.15, 0.2) is 0 Å². The minimum absolute atomic E-state index is 0.00769. The van der Waals surface area contributed by atoms with Gasteiger partial charge in [0.2, 0.25) is 35.4 Å². The molecule has 2 aliphatic rings. The van der Waals surface area contributed by atoms with Crippen molar-refractivity contribution < 1.29 is 71.5 Å². The normalized spacial score (nSPS) is 16.5. The zero-order chi connectivity index (χ0) is 76.4. The number of nitrogens with zero attached hydrogens (tertiary/aromatic N) is 6. The number of amides is 6. The number of benzene rings is 3. The van der Waals surface area contributed by atoms with Crippen LogP contribution in [0.1, 0.15) is 111 Å². The number of pyridine rings is 1. The number of rotatable bonds is 43. The second-order valence-electron chi connectivity index (χ2n) is 28.2. The number of carboxylic acids is 1. The first kappa shape index (κ1) is 84.4. The van der Waals surface area contributed by atoms with E-state index in [1.165, 1.54) is 31.3 Å². The predicted molar refractivity (Wildman–Crippen MR) is 402 cm³/mol. The number of nitrogens with two attached hydrogens (primary N) is 1. The van der Waals surface area contributed by atoms with E-state index in [0.717, 1.165) is 40.7 Å². The van der Waals surface area contributed by atoms with Crippen molar-refractivity contribution >= 4 is 75.6 Å². The largest absolute Gasteiger partial charge is 0.480 e. The summed E-state index contributed by atoms with van der Waals surface area (Å²) in [5.41, 5.74) is 12.3. The number of carbonyl (C=O) groups excluding carboxylic acids is 6. The average Bonchev–Trinajstić information content (AvgIpc) is 1.74. The van der Waals surface area contributed by atoms with Crippen LogP contribution < -0.4 is 31.9 Å². The molecule has 4 heterocycles. The Morgan fingerprint density at radius 1 is 0.781 bits per heavy atom. The smallest absolute Gasteiger partial charge is 0.326 e. The Hall–Kier alpha value is -7.89. The van der Waals surface area contributed by atoms with Gasteiger partial charge in [-0.2, -0.15) is 0 Å². The first-order valence-electron chi connectivity index (χ1n) is 36.8. The van der Waals surface area contributed by atoms with Gasteiger partial charge in [0.1, 0.15) is 35.6 Å². The molecule has 26 nitrogen and oxygen atoms in total. The molecule has 6 amide bonds. The van der Waals surface area contributed by atoms with Gasteiger partial charge in [0.25, 0.3) is 0 Å². The molecular formula is C77H112ClFN12O14. The monoisotopic (exact) mass is 1480 g/mol. The SMILES string of the molecule is CC[C@H](C)[C@@H]([C@@H](CC(=O)N1CCC[C@H]1C(OC)[C@@H](C)C(=O)N[C@@H](Cc1ccccc1)C(=O)O)OC)N(C)C(=O)[C@@H](NC(=O)[C@H](C(C)C)N(C)C(=O)CCOCCOCCOCCOCCC(=O)NCCNc1ncc(-c2cc(C)cc(F)c2)c(N2CCC(N)CC2)c1-c1nc2ccc(Cl)cc2[nH]1)C(C)C.